The van der Waals surface area contributed by atoms with E-state index in [1.807, 2.05) is 0 Å². The average Bonchev–Trinajstić information content (AvgIpc) is 3.27. The molecular weight excluding hydrogens is 246 g/mol. The van der Waals surface area contributed by atoms with Gasteiger partial charge in [0.15, 0.2) is 11.6 Å². The summed E-state index contributed by atoms with van der Waals surface area (Å²) in [7, 11) is 0. The molecule has 0 heterocycles. The normalized spacial score (nSPS) is 20.8. The van der Waals surface area contributed by atoms with Crippen LogP contribution in [-0.2, 0) is 0 Å². The van der Waals surface area contributed by atoms with Crippen LogP contribution in [-0.4, -0.2) is 24.0 Å². The van der Waals surface area contributed by atoms with Gasteiger partial charge in [0.1, 0.15) is 0 Å². The van der Waals surface area contributed by atoms with E-state index in [0.717, 1.165) is 31.4 Å². The van der Waals surface area contributed by atoms with Crippen molar-refractivity contribution in [3.63, 3.8) is 0 Å². The van der Waals surface area contributed by atoms with Crippen molar-refractivity contribution in [2.75, 3.05) is 13.1 Å². The van der Waals surface area contributed by atoms with Crippen LogP contribution in [0.4, 0.5) is 8.78 Å². The van der Waals surface area contributed by atoms with Crippen LogP contribution in [0, 0.1) is 17.6 Å². The van der Waals surface area contributed by atoms with Crippen molar-refractivity contribution >= 4 is 0 Å². The van der Waals surface area contributed by atoms with Gasteiger partial charge in [0, 0.05) is 24.7 Å². The first-order valence-electron chi connectivity index (χ1n) is 7.10. The molecule has 0 radical (unpaired) electrons. The average molecular weight is 266 g/mol. The van der Waals surface area contributed by atoms with E-state index in [0.29, 0.717) is 18.2 Å². The van der Waals surface area contributed by atoms with Crippen LogP contribution in [0.15, 0.2) is 18.2 Å². The van der Waals surface area contributed by atoms with Crippen molar-refractivity contribution in [1.82, 2.24) is 4.90 Å². The highest BCUT2D eigenvalue weighted by Crippen LogP contribution is 2.39. The standard InChI is InChI=1S/C15H20F2N2/c16-13-3-1-2-12(15(13)17)14(8-18)19(11-6-7-11)9-10-4-5-10/h1-3,10-11,14H,4-9,18H2. The van der Waals surface area contributed by atoms with Crippen LogP contribution in [0.5, 0.6) is 0 Å². The molecule has 2 aliphatic carbocycles. The lowest BCUT2D eigenvalue weighted by Gasteiger charge is -2.31. The molecule has 2 N–H and O–H groups in total. The van der Waals surface area contributed by atoms with Gasteiger partial charge in [-0.05, 0) is 37.7 Å². The molecule has 19 heavy (non-hydrogen) atoms. The van der Waals surface area contributed by atoms with E-state index in [1.165, 1.54) is 12.8 Å². The van der Waals surface area contributed by atoms with E-state index < -0.39 is 11.6 Å². The zero-order chi connectivity index (χ0) is 13.4. The maximum Gasteiger partial charge on any atom is 0.163 e. The van der Waals surface area contributed by atoms with Crippen molar-refractivity contribution in [1.29, 1.82) is 0 Å². The number of nitrogens with zero attached hydrogens (tertiary/aromatic N) is 1. The summed E-state index contributed by atoms with van der Waals surface area (Å²) in [4.78, 5) is 2.30. The second-order valence-corrected chi connectivity index (χ2v) is 5.77. The summed E-state index contributed by atoms with van der Waals surface area (Å²) < 4.78 is 27.4. The minimum Gasteiger partial charge on any atom is -0.329 e. The number of hydrogen-bond donors (Lipinski definition) is 1. The molecule has 1 atom stereocenters. The molecule has 2 nitrogen and oxygen atoms in total. The fourth-order valence-electron chi connectivity index (χ4n) is 2.75. The second kappa shape index (κ2) is 5.17. The van der Waals surface area contributed by atoms with E-state index in [4.69, 9.17) is 5.73 Å². The van der Waals surface area contributed by atoms with Gasteiger partial charge >= 0.3 is 0 Å². The van der Waals surface area contributed by atoms with Crippen molar-refractivity contribution in [3.8, 4) is 0 Å². The molecule has 2 aliphatic rings. The Labute approximate surface area is 112 Å². The molecule has 0 saturated heterocycles. The summed E-state index contributed by atoms with van der Waals surface area (Å²) in [6.07, 6.45) is 4.82. The van der Waals surface area contributed by atoms with Crippen LogP contribution >= 0.6 is 0 Å². The second-order valence-electron chi connectivity index (χ2n) is 5.77. The minimum absolute atomic E-state index is 0.191. The Balaban J connectivity index is 1.86. The number of benzene rings is 1. The van der Waals surface area contributed by atoms with Gasteiger partial charge in [-0.2, -0.15) is 0 Å². The third-order valence-corrected chi connectivity index (χ3v) is 4.15. The monoisotopic (exact) mass is 266 g/mol. The lowest BCUT2D eigenvalue weighted by Crippen LogP contribution is -2.37. The van der Waals surface area contributed by atoms with Crippen molar-refractivity contribution in [3.05, 3.63) is 35.4 Å². The third kappa shape index (κ3) is 2.79. The molecule has 4 heteroatoms. The first kappa shape index (κ1) is 13.0. The van der Waals surface area contributed by atoms with Crippen molar-refractivity contribution in [2.45, 2.75) is 37.8 Å². The molecule has 3 rings (SSSR count). The smallest absolute Gasteiger partial charge is 0.163 e. The Morgan fingerprint density at radius 1 is 1.21 bits per heavy atom. The number of hydrogen-bond acceptors (Lipinski definition) is 2. The highest BCUT2D eigenvalue weighted by Gasteiger charge is 2.38. The molecule has 104 valence electrons. The van der Waals surface area contributed by atoms with E-state index in [9.17, 15) is 8.78 Å². The third-order valence-electron chi connectivity index (χ3n) is 4.15. The van der Waals surface area contributed by atoms with Crippen molar-refractivity contribution < 1.29 is 8.78 Å². The number of rotatable bonds is 6. The molecule has 0 spiro atoms. The number of halogens is 2. The van der Waals surface area contributed by atoms with Gasteiger partial charge in [-0.15, -0.1) is 0 Å². The topological polar surface area (TPSA) is 29.3 Å². The first-order valence-corrected chi connectivity index (χ1v) is 7.10. The summed E-state index contributed by atoms with van der Waals surface area (Å²) in [6, 6.07) is 4.71. The van der Waals surface area contributed by atoms with Crippen LogP contribution in [0.3, 0.4) is 0 Å². The molecule has 0 aromatic heterocycles. The molecule has 1 unspecified atom stereocenters. The fourth-order valence-corrected chi connectivity index (χ4v) is 2.75. The van der Waals surface area contributed by atoms with Gasteiger partial charge in [0.2, 0.25) is 0 Å². The van der Waals surface area contributed by atoms with E-state index in [1.54, 1.807) is 12.1 Å². The summed E-state index contributed by atoms with van der Waals surface area (Å²) in [5.74, 6) is -0.788. The highest BCUT2D eigenvalue weighted by atomic mass is 19.2. The van der Waals surface area contributed by atoms with Gasteiger partial charge in [0.05, 0.1) is 6.04 Å². The molecule has 2 saturated carbocycles. The Bertz CT molecular complexity index is 455. The molecule has 1 aromatic carbocycles. The highest BCUT2D eigenvalue weighted by molar-refractivity contribution is 5.23. The van der Waals surface area contributed by atoms with Gasteiger partial charge < -0.3 is 5.73 Å². The van der Waals surface area contributed by atoms with Crippen molar-refractivity contribution in [2.24, 2.45) is 11.7 Å². The summed E-state index contributed by atoms with van der Waals surface area (Å²) in [5.41, 5.74) is 6.27. The van der Waals surface area contributed by atoms with Gasteiger partial charge in [-0.3, -0.25) is 4.90 Å². The van der Waals surface area contributed by atoms with E-state index in [-0.39, 0.29) is 6.04 Å². The molecule has 0 amide bonds. The lowest BCUT2D eigenvalue weighted by molar-refractivity contribution is 0.178. The first-order chi connectivity index (χ1) is 9.20. The SMILES string of the molecule is NCC(c1cccc(F)c1F)N(CC1CC1)C1CC1. The lowest BCUT2D eigenvalue weighted by atomic mass is 10.0. The Kier molecular flexibility index (Phi) is 3.54. The van der Waals surface area contributed by atoms with Crippen LogP contribution in [0.1, 0.15) is 37.3 Å². The van der Waals surface area contributed by atoms with Gasteiger partial charge in [-0.1, -0.05) is 12.1 Å². The number of nitrogens with two attached hydrogens (primary N) is 1. The Morgan fingerprint density at radius 2 is 1.95 bits per heavy atom. The molecule has 0 aliphatic heterocycles. The van der Waals surface area contributed by atoms with Crippen LogP contribution in [0.2, 0.25) is 0 Å². The predicted molar refractivity (Wildman–Crippen MR) is 70.6 cm³/mol. The fraction of sp³-hybridized carbons (Fsp3) is 0.600. The van der Waals surface area contributed by atoms with Gasteiger partial charge in [0.25, 0.3) is 0 Å². The predicted octanol–water partition coefficient (Wildman–Crippen LogP) is 2.84. The molecule has 2 fully saturated rings. The zero-order valence-electron chi connectivity index (χ0n) is 11.0. The van der Waals surface area contributed by atoms with E-state index in [2.05, 4.69) is 4.90 Å². The maximum absolute atomic E-state index is 14.0. The molecular formula is C15H20F2N2. The van der Waals surface area contributed by atoms with E-state index >= 15 is 0 Å². The molecule has 1 aromatic rings. The quantitative estimate of drug-likeness (QED) is 0.858. The zero-order valence-corrected chi connectivity index (χ0v) is 11.0. The summed E-state index contributed by atoms with van der Waals surface area (Å²) in [5, 5.41) is 0. The molecule has 0 bridgehead atoms. The minimum atomic E-state index is -0.780. The van der Waals surface area contributed by atoms with Crippen LogP contribution < -0.4 is 5.73 Å². The van der Waals surface area contributed by atoms with Gasteiger partial charge in [-0.25, -0.2) is 8.78 Å². The summed E-state index contributed by atoms with van der Waals surface area (Å²) in [6.45, 7) is 1.31. The van der Waals surface area contributed by atoms with Crippen LogP contribution in [0.25, 0.3) is 0 Å². The summed E-state index contributed by atoms with van der Waals surface area (Å²) >= 11 is 0. The maximum atomic E-state index is 14.0. The Morgan fingerprint density at radius 3 is 2.53 bits per heavy atom. The largest absolute Gasteiger partial charge is 0.329 e. The Hall–Kier alpha value is -1.00.